The standard InChI is InChI=1S/C25H25ClN4O2/c1-2-14-30(16-23-28-22-15-18(26)8-11-20(22)25(32)29-23)24(31)13-10-19-9-12-21(27-19)17-6-4-3-5-7-17/h3-9,11-12,15,27H,2,10,13-14,16H2,1H3,(H,28,29,32). The predicted octanol–water partition coefficient (Wildman–Crippen LogP) is 4.94. The number of fused-ring (bicyclic) bond motifs is 1. The van der Waals surface area contributed by atoms with Crippen LogP contribution in [0.5, 0.6) is 0 Å². The zero-order valence-electron chi connectivity index (χ0n) is 17.9. The van der Waals surface area contributed by atoms with Crippen LogP contribution in [0.15, 0.2) is 65.5 Å². The van der Waals surface area contributed by atoms with Gasteiger partial charge in [-0.25, -0.2) is 4.98 Å². The molecule has 0 bridgehead atoms. The highest BCUT2D eigenvalue weighted by Gasteiger charge is 2.16. The molecule has 0 aliphatic rings. The minimum absolute atomic E-state index is 0.0246. The van der Waals surface area contributed by atoms with Crippen molar-refractivity contribution < 1.29 is 4.79 Å². The van der Waals surface area contributed by atoms with Crippen LogP contribution in [0.2, 0.25) is 5.02 Å². The first kappa shape index (κ1) is 21.8. The number of carbonyl (C=O) groups is 1. The molecule has 6 nitrogen and oxygen atoms in total. The molecule has 2 N–H and O–H groups in total. The van der Waals surface area contributed by atoms with Crippen molar-refractivity contribution >= 4 is 28.4 Å². The summed E-state index contributed by atoms with van der Waals surface area (Å²) in [6, 6.07) is 19.1. The summed E-state index contributed by atoms with van der Waals surface area (Å²) < 4.78 is 0. The highest BCUT2D eigenvalue weighted by atomic mass is 35.5. The fourth-order valence-corrected chi connectivity index (χ4v) is 3.92. The number of nitrogens with one attached hydrogen (secondary N) is 2. The number of hydrogen-bond acceptors (Lipinski definition) is 3. The number of nitrogens with zero attached hydrogens (tertiary/aromatic N) is 2. The smallest absolute Gasteiger partial charge is 0.258 e. The molecule has 2 heterocycles. The van der Waals surface area contributed by atoms with Crippen LogP contribution < -0.4 is 5.56 Å². The molecule has 0 spiro atoms. The van der Waals surface area contributed by atoms with Gasteiger partial charge in [0.1, 0.15) is 5.82 Å². The van der Waals surface area contributed by atoms with Gasteiger partial charge in [-0.05, 0) is 48.7 Å². The van der Waals surface area contributed by atoms with Crippen molar-refractivity contribution in [3.05, 3.63) is 87.6 Å². The maximum atomic E-state index is 13.0. The summed E-state index contributed by atoms with van der Waals surface area (Å²) in [6.45, 7) is 2.87. The second-order valence-corrected chi connectivity index (χ2v) is 8.19. The van der Waals surface area contributed by atoms with Crippen molar-refractivity contribution in [3.63, 3.8) is 0 Å². The van der Waals surface area contributed by atoms with Crippen molar-refractivity contribution in [2.75, 3.05) is 6.54 Å². The number of halogens is 1. The molecule has 0 fully saturated rings. The summed E-state index contributed by atoms with van der Waals surface area (Å²) in [5, 5.41) is 0.997. The Labute approximate surface area is 191 Å². The molecule has 0 unspecified atom stereocenters. The van der Waals surface area contributed by atoms with Gasteiger partial charge in [0, 0.05) is 29.4 Å². The van der Waals surface area contributed by atoms with Crippen LogP contribution in [0.1, 0.15) is 31.3 Å². The number of aromatic nitrogens is 3. The van der Waals surface area contributed by atoms with Gasteiger partial charge in [-0.1, -0.05) is 48.9 Å². The van der Waals surface area contributed by atoms with Gasteiger partial charge in [0.15, 0.2) is 0 Å². The van der Waals surface area contributed by atoms with E-state index in [1.807, 2.05) is 49.4 Å². The highest BCUT2D eigenvalue weighted by molar-refractivity contribution is 6.31. The van der Waals surface area contributed by atoms with E-state index in [9.17, 15) is 9.59 Å². The molecule has 2 aromatic heterocycles. The van der Waals surface area contributed by atoms with Crippen LogP contribution in [0.25, 0.3) is 22.2 Å². The number of H-pyrrole nitrogens is 2. The molecule has 1 amide bonds. The second-order valence-electron chi connectivity index (χ2n) is 7.75. The van der Waals surface area contributed by atoms with Crippen LogP contribution in [-0.4, -0.2) is 32.3 Å². The highest BCUT2D eigenvalue weighted by Crippen LogP contribution is 2.19. The van der Waals surface area contributed by atoms with Crippen LogP contribution in [0, 0.1) is 0 Å². The summed E-state index contributed by atoms with van der Waals surface area (Å²) in [7, 11) is 0. The maximum absolute atomic E-state index is 13.0. The van der Waals surface area contributed by atoms with Crippen LogP contribution in [0.4, 0.5) is 0 Å². The van der Waals surface area contributed by atoms with Crippen LogP contribution in [0.3, 0.4) is 0 Å². The minimum Gasteiger partial charge on any atom is -0.358 e. The number of carbonyl (C=O) groups excluding carboxylic acids is 1. The van der Waals surface area contributed by atoms with E-state index in [2.05, 4.69) is 15.0 Å². The van der Waals surface area contributed by atoms with Crippen molar-refractivity contribution in [2.45, 2.75) is 32.7 Å². The second kappa shape index (κ2) is 9.83. The van der Waals surface area contributed by atoms with Gasteiger partial charge in [-0.2, -0.15) is 0 Å². The molecule has 164 valence electrons. The zero-order valence-corrected chi connectivity index (χ0v) is 18.7. The lowest BCUT2D eigenvalue weighted by molar-refractivity contribution is -0.131. The number of benzene rings is 2. The van der Waals surface area contributed by atoms with Crippen molar-refractivity contribution in [1.82, 2.24) is 19.9 Å². The van der Waals surface area contributed by atoms with Gasteiger partial charge in [-0.15, -0.1) is 0 Å². The fourth-order valence-electron chi connectivity index (χ4n) is 3.75. The van der Waals surface area contributed by atoms with E-state index in [1.165, 1.54) is 0 Å². The Balaban J connectivity index is 1.45. The lowest BCUT2D eigenvalue weighted by Crippen LogP contribution is -2.33. The van der Waals surface area contributed by atoms with E-state index < -0.39 is 0 Å². The Morgan fingerprint density at radius 1 is 1.06 bits per heavy atom. The lowest BCUT2D eigenvalue weighted by Gasteiger charge is -2.21. The van der Waals surface area contributed by atoms with Gasteiger partial charge < -0.3 is 14.9 Å². The molecular weight excluding hydrogens is 424 g/mol. The van der Waals surface area contributed by atoms with E-state index in [1.54, 1.807) is 23.1 Å². The van der Waals surface area contributed by atoms with E-state index >= 15 is 0 Å². The Morgan fingerprint density at radius 2 is 1.88 bits per heavy atom. The number of amides is 1. The van der Waals surface area contributed by atoms with Gasteiger partial charge >= 0.3 is 0 Å². The van der Waals surface area contributed by atoms with Gasteiger partial charge in [0.25, 0.3) is 5.56 Å². The molecule has 0 aliphatic carbocycles. The van der Waals surface area contributed by atoms with Crippen molar-refractivity contribution in [3.8, 4) is 11.3 Å². The van der Waals surface area contributed by atoms with E-state index in [4.69, 9.17) is 11.6 Å². The molecule has 0 saturated heterocycles. The molecule has 4 aromatic rings. The van der Waals surface area contributed by atoms with Gasteiger partial charge in [-0.3, -0.25) is 9.59 Å². The molecule has 7 heteroatoms. The lowest BCUT2D eigenvalue weighted by atomic mass is 10.2. The van der Waals surface area contributed by atoms with E-state index in [0.29, 0.717) is 41.1 Å². The minimum atomic E-state index is -0.231. The zero-order chi connectivity index (χ0) is 22.5. The third-order valence-corrected chi connectivity index (χ3v) is 5.58. The van der Waals surface area contributed by atoms with Crippen LogP contribution >= 0.6 is 11.6 Å². The molecular formula is C25H25ClN4O2. The summed E-state index contributed by atoms with van der Waals surface area (Å²) in [5.41, 5.74) is 3.46. The largest absolute Gasteiger partial charge is 0.358 e. The normalized spacial score (nSPS) is 11.1. The first-order valence-electron chi connectivity index (χ1n) is 10.7. The summed E-state index contributed by atoms with van der Waals surface area (Å²) >= 11 is 6.05. The molecule has 4 rings (SSSR count). The quantitative estimate of drug-likeness (QED) is 0.400. The Morgan fingerprint density at radius 3 is 2.66 bits per heavy atom. The first-order chi connectivity index (χ1) is 15.5. The maximum Gasteiger partial charge on any atom is 0.258 e. The van der Waals surface area contributed by atoms with Gasteiger partial charge in [0.05, 0.1) is 17.4 Å². The SMILES string of the molecule is CCCN(Cc1nc2cc(Cl)ccc2c(=O)[nH]1)C(=O)CCc1ccc(-c2ccccc2)[nH]1. The molecule has 0 radical (unpaired) electrons. The molecule has 2 aromatic carbocycles. The number of aryl methyl sites for hydroxylation is 1. The van der Waals surface area contributed by atoms with E-state index in [0.717, 1.165) is 23.4 Å². The first-order valence-corrected chi connectivity index (χ1v) is 11.1. The Hall–Kier alpha value is -3.38. The number of aromatic amines is 2. The molecule has 32 heavy (non-hydrogen) atoms. The average Bonchev–Trinajstić information content (AvgIpc) is 3.26. The van der Waals surface area contributed by atoms with Crippen LogP contribution in [-0.2, 0) is 17.8 Å². The third-order valence-electron chi connectivity index (χ3n) is 5.34. The molecule has 0 saturated carbocycles. The van der Waals surface area contributed by atoms with Crippen molar-refractivity contribution in [1.29, 1.82) is 0 Å². The Kier molecular flexibility index (Phi) is 6.71. The van der Waals surface area contributed by atoms with E-state index in [-0.39, 0.29) is 18.0 Å². The summed E-state index contributed by atoms with van der Waals surface area (Å²) in [5.74, 6) is 0.481. The monoisotopic (exact) mass is 448 g/mol. The summed E-state index contributed by atoms with van der Waals surface area (Å²) in [4.78, 5) is 37.8. The molecule has 0 atom stereocenters. The fraction of sp³-hybridized carbons (Fsp3) is 0.240. The van der Waals surface area contributed by atoms with Crippen molar-refractivity contribution in [2.24, 2.45) is 0 Å². The molecule has 0 aliphatic heterocycles. The average molecular weight is 449 g/mol. The predicted molar refractivity (Wildman–Crippen MR) is 128 cm³/mol. The summed E-state index contributed by atoms with van der Waals surface area (Å²) in [6.07, 6.45) is 1.80. The number of hydrogen-bond donors (Lipinski definition) is 2. The third kappa shape index (κ3) is 5.08. The van der Waals surface area contributed by atoms with Gasteiger partial charge in [0.2, 0.25) is 5.91 Å². The Bertz CT molecular complexity index is 1280. The topological polar surface area (TPSA) is 81.8 Å². The number of rotatable bonds is 8.